The molecule has 0 radical (unpaired) electrons. The van der Waals surface area contributed by atoms with Gasteiger partial charge in [0.05, 0.1) is 0 Å². The quantitative estimate of drug-likeness (QED) is 0.815. The number of hydrogen-bond donors (Lipinski definition) is 2. The maximum absolute atomic E-state index is 12.1. The Morgan fingerprint density at radius 3 is 1.74 bits per heavy atom. The number of hydrogen-bond acceptors (Lipinski definition) is 4. The summed E-state index contributed by atoms with van der Waals surface area (Å²) < 4.78 is 0. The molecule has 2 aromatic carbocycles. The summed E-state index contributed by atoms with van der Waals surface area (Å²) in [5.74, 6) is -1.37. The highest BCUT2D eigenvalue weighted by Crippen LogP contribution is 2.22. The Balaban J connectivity index is 1.55. The van der Waals surface area contributed by atoms with Crippen molar-refractivity contribution in [3.63, 3.8) is 0 Å². The second-order valence-corrected chi connectivity index (χ2v) is 6.94. The molecule has 3 rings (SSSR count). The molecule has 142 valence electrons. The van der Waals surface area contributed by atoms with Crippen molar-refractivity contribution in [3.8, 4) is 0 Å². The topological polar surface area (TPSA) is 64.7 Å². The molecule has 2 N–H and O–H groups in total. The zero-order valence-electron chi connectivity index (χ0n) is 15.9. The molecule has 1 aliphatic heterocycles. The molecular formula is C21H26N4O2. The van der Waals surface area contributed by atoms with Crippen LogP contribution in [0.1, 0.15) is 19.3 Å². The van der Waals surface area contributed by atoms with Crippen LogP contribution in [0.25, 0.3) is 0 Å². The van der Waals surface area contributed by atoms with E-state index in [0.717, 1.165) is 24.5 Å². The number of anilines is 4. The van der Waals surface area contributed by atoms with Gasteiger partial charge >= 0.3 is 11.8 Å². The normalized spacial score (nSPS) is 13.8. The van der Waals surface area contributed by atoms with Gasteiger partial charge in [0, 0.05) is 49.9 Å². The molecule has 0 spiro atoms. The lowest BCUT2D eigenvalue weighted by Crippen LogP contribution is -2.30. The molecule has 1 fully saturated rings. The number of amides is 2. The first-order chi connectivity index (χ1) is 13.0. The molecule has 1 saturated heterocycles. The number of nitrogens with zero attached hydrogens (tertiary/aromatic N) is 2. The van der Waals surface area contributed by atoms with Gasteiger partial charge in [-0.05, 0) is 67.8 Å². The Kier molecular flexibility index (Phi) is 5.96. The lowest BCUT2D eigenvalue weighted by atomic mass is 10.1. The SMILES string of the molecule is CN(C)c1ccc(NC(=O)C(=O)Nc2ccc(N3CCCCC3)cc2)cc1. The average Bonchev–Trinajstić information content (AvgIpc) is 2.69. The Labute approximate surface area is 160 Å². The second kappa shape index (κ2) is 8.58. The van der Waals surface area contributed by atoms with Crippen LogP contribution in [0.2, 0.25) is 0 Å². The highest BCUT2D eigenvalue weighted by Gasteiger charge is 2.15. The number of carbonyl (C=O) groups is 2. The summed E-state index contributed by atoms with van der Waals surface area (Å²) in [7, 11) is 3.88. The van der Waals surface area contributed by atoms with Crippen molar-refractivity contribution in [3.05, 3.63) is 48.5 Å². The maximum atomic E-state index is 12.1. The summed E-state index contributed by atoms with van der Waals surface area (Å²) in [4.78, 5) is 28.6. The van der Waals surface area contributed by atoms with Crippen LogP contribution in [0.15, 0.2) is 48.5 Å². The Morgan fingerprint density at radius 2 is 1.26 bits per heavy atom. The minimum absolute atomic E-state index is 0.584. The minimum atomic E-state index is -0.687. The largest absolute Gasteiger partial charge is 0.378 e. The Morgan fingerprint density at radius 1 is 0.778 bits per heavy atom. The molecule has 0 saturated carbocycles. The standard InChI is InChI=1S/C21H26N4O2/c1-24(2)18-10-6-16(7-11-18)22-20(26)21(27)23-17-8-12-19(13-9-17)25-14-4-3-5-15-25/h6-13H,3-5,14-15H2,1-2H3,(H,22,26)(H,23,27). The summed E-state index contributed by atoms with van der Waals surface area (Å²) in [5, 5.41) is 5.26. The van der Waals surface area contributed by atoms with E-state index in [1.54, 1.807) is 12.1 Å². The van der Waals surface area contributed by atoms with E-state index in [2.05, 4.69) is 15.5 Å². The van der Waals surface area contributed by atoms with E-state index in [9.17, 15) is 9.59 Å². The fourth-order valence-electron chi connectivity index (χ4n) is 3.13. The van der Waals surface area contributed by atoms with Gasteiger partial charge in [0.25, 0.3) is 0 Å². The molecule has 0 aromatic heterocycles. The van der Waals surface area contributed by atoms with Crippen LogP contribution in [0, 0.1) is 0 Å². The van der Waals surface area contributed by atoms with E-state index in [1.807, 2.05) is 55.4 Å². The van der Waals surface area contributed by atoms with Crippen molar-refractivity contribution < 1.29 is 9.59 Å². The summed E-state index contributed by atoms with van der Waals surface area (Å²) in [6.45, 7) is 2.14. The third kappa shape index (κ3) is 5.00. The van der Waals surface area contributed by atoms with E-state index < -0.39 is 11.8 Å². The van der Waals surface area contributed by atoms with E-state index in [0.29, 0.717) is 11.4 Å². The number of nitrogens with one attached hydrogen (secondary N) is 2. The van der Waals surface area contributed by atoms with Crippen molar-refractivity contribution >= 4 is 34.6 Å². The van der Waals surface area contributed by atoms with Crippen molar-refractivity contribution in [2.75, 3.05) is 47.6 Å². The first-order valence-corrected chi connectivity index (χ1v) is 9.28. The summed E-state index contributed by atoms with van der Waals surface area (Å²) in [6, 6.07) is 14.9. The van der Waals surface area contributed by atoms with Gasteiger partial charge in [-0.15, -0.1) is 0 Å². The average molecular weight is 366 g/mol. The first kappa shape index (κ1) is 18.8. The Bertz CT molecular complexity index is 779. The number of benzene rings is 2. The highest BCUT2D eigenvalue weighted by atomic mass is 16.2. The molecular weight excluding hydrogens is 340 g/mol. The van der Waals surface area contributed by atoms with Crippen LogP contribution < -0.4 is 20.4 Å². The molecule has 6 nitrogen and oxygen atoms in total. The van der Waals surface area contributed by atoms with Gasteiger partial charge in [-0.25, -0.2) is 0 Å². The minimum Gasteiger partial charge on any atom is -0.378 e. The summed E-state index contributed by atoms with van der Waals surface area (Å²) in [6.07, 6.45) is 3.72. The third-order valence-corrected chi connectivity index (χ3v) is 4.69. The lowest BCUT2D eigenvalue weighted by molar-refractivity contribution is -0.132. The molecule has 27 heavy (non-hydrogen) atoms. The summed E-state index contributed by atoms with van der Waals surface area (Å²) >= 11 is 0. The van der Waals surface area contributed by atoms with Gasteiger partial charge in [0.1, 0.15) is 0 Å². The maximum Gasteiger partial charge on any atom is 0.314 e. The predicted octanol–water partition coefficient (Wildman–Crippen LogP) is 3.32. The second-order valence-electron chi connectivity index (χ2n) is 6.94. The van der Waals surface area contributed by atoms with E-state index >= 15 is 0 Å². The molecule has 0 bridgehead atoms. The fourth-order valence-corrected chi connectivity index (χ4v) is 3.13. The van der Waals surface area contributed by atoms with Crippen LogP contribution in [0.4, 0.5) is 22.7 Å². The van der Waals surface area contributed by atoms with Crippen molar-refractivity contribution in [1.82, 2.24) is 0 Å². The lowest BCUT2D eigenvalue weighted by Gasteiger charge is -2.28. The molecule has 1 aliphatic rings. The van der Waals surface area contributed by atoms with Gasteiger partial charge in [0.2, 0.25) is 0 Å². The zero-order valence-corrected chi connectivity index (χ0v) is 15.9. The predicted molar refractivity (Wildman–Crippen MR) is 111 cm³/mol. The molecule has 1 heterocycles. The molecule has 2 amide bonds. The van der Waals surface area contributed by atoms with Gasteiger partial charge in [-0.1, -0.05) is 0 Å². The third-order valence-electron chi connectivity index (χ3n) is 4.69. The van der Waals surface area contributed by atoms with E-state index in [4.69, 9.17) is 0 Å². The van der Waals surface area contributed by atoms with E-state index in [1.165, 1.54) is 19.3 Å². The van der Waals surface area contributed by atoms with Crippen LogP contribution in [-0.2, 0) is 9.59 Å². The van der Waals surface area contributed by atoms with Crippen LogP contribution in [-0.4, -0.2) is 39.0 Å². The van der Waals surface area contributed by atoms with Crippen molar-refractivity contribution in [2.45, 2.75) is 19.3 Å². The molecule has 6 heteroatoms. The van der Waals surface area contributed by atoms with Crippen LogP contribution >= 0.6 is 0 Å². The molecule has 0 aliphatic carbocycles. The van der Waals surface area contributed by atoms with Gasteiger partial charge < -0.3 is 20.4 Å². The highest BCUT2D eigenvalue weighted by molar-refractivity contribution is 6.43. The van der Waals surface area contributed by atoms with Gasteiger partial charge in [-0.2, -0.15) is 0 Å². The monoisotopic (exact) mass is 366 g/mol. The number of piperidine rings is 1. The number of rotatable bonds is 4. The number of carbonyl (C=O) groups excluding carboxylic acids is 2. The smallest absolute Gasteiger partial charge is 0.314 e. The fraction of sp³-hybridized carbons (Fsp3) is 0.333. The van der Waals surface area contributed by atoms with Crippen LogP contribution in [0.3, 0.4) is 0 Å². The van der Waals surface area contributed by atoms with Gasteiger partial charge in [-0.3, -0.25) is 9.59 Å². The van der Waals surface area contributed by atoms with Gasteiger partial charge in [0.15, 0.2) is 0 Å². The van der Waals surface area contributed by atoms with E-state index in [-0.39, 0.29) is 0 Å². The summed E-state index contributed by atoms with van der Waals surface area (Å²) in [5.41, 5.74) is 3.37. The van der Waals surface area contributed by atoms with Crippen LogP contribution in [0.5, 0.6) is 0 Å². The first-order valence-electron chi connectivity index (χ1n) is 9.28. The van der Waals surface area contributed by atoms with Crippen molar-refractivity contribution in [1.29, 1.82) is 0 Å². The zero-order chi connectivity index (χ0) is 19.2. The molecule has 2 aromatic rings. The Hall–Kier alpha value is -3.02. The molecule has 0 atom stereocenters. The molecule has 0 unspecified atom stereocenters. The van der Waals surface area contributed by atoms with Crippen molar-refractivity contribution in [2.24, 2.45) is 0 Å².